The molecule has 0 saturated heterocycles. The fourth-order valence-corrected chi connectivity index (χ4v) is 9.42. The smallest absolute Gasteiger partial charge is 0.164 e. The Hall–Kier alpha value is -7.79. The molecule has 11 rings (SSSR count). The molecule has 0 aliphatic rings. The predicted molar refractivity (Wildman–Crippen MR) is 256 cm³/mol. The number of hydrogen-bond donors (Lipinski definition) is 0. The molecular weight excluding hydrogens is 759 g/mol. The highest BCUT2D eigenvalue weighted by molar-refractivity contribution is 7.26. The molecule has 61 heavy (non-hydrogen) atoms. The Kier molecular flexibility index (Phi) is 9.38. The van der Waals surface area contributed by atoms with Gasteiger partial charge in [-0.15, -0.1) is 11.3 Å². The molecule has 0 unspecified atom stereocenters. The Balaban J connectivity index is 0.990. The van der Waals surface area contributed by atoms with E-state index in [2.05, 4.69) is 200 Å². The van der Waals surface area contributed by atoms with Crippen LogP contribution in [0.2, 0.25) is 0 Å². The van der Waals surface area contributed by atoms with Gasteiger partial charge in [0.1, 0.15) is 0 Å². The van der Waals surface area contributed by atoms with Gasteiger partial charge >= 0.3 is 0 Å². The lowest BCUT2D eigenvalue weighted by molar-refractivity contribution is 1.08. The van der Waals surface area contributed by atoms with E-state index in [1.165, 1.54) is 53.7 Å². The molecular formula is C57H37N3S. The average Bonchev–Trinajstić information content (AvgIpc) is 3.73. The minimum Gasteiger partial charge on any atom is -0.208 e. The van der Waals surface area contributed by atoms with Crippen molar-refractivity contribution in [1.82, 2.24) is 15.0 Å². The average molecular weight is 796 g/mol. The maximum atomic E-state index is 5.22. The third kappa shape index (κ3) is 7.09. The fraction of sp³-hybridized carbons (Fsp3) is 0. The van der Waals surface area contributed by atoms with E-state index in [-0.39, 0.29) is 0 Å². The molecule has 4 heteroatoms. The molecule has 9 aromatic carbocycles. The van der Waals surface area contributed by atoms with Crippen molar-refractivity contribution in [2.24, 2.45) is 0 Å². The van der Waals surface area contributed by atoms with Crippen molar-refractivity contribution in [3.8, 4) is 89.8 Å². The minimum atomic E-state index is 0.643. The SMILES string of the molecule is c1ccc(-c2cccc(-c3nc(-c4ccccc4)nc(-c4cccc5sc6ccc(-c7ccc(-c8ccc(-c9ccccc9)c(-c9ccccc9)c8)cc7)cc6c45)n3)c2)cc1. The van der Waals surface area contributed by atoms with Crippen molar-refractivity contribution in [3.05, 3.63) is 224 Å². The number of thiophene rings is 1. The highest BCUT2D eigenvalue weighted by Gasteiger charge is 2.18. The van der Waals surface area contributed by atoms with E-state index in [0.29, 0.717) is 17.5 Å². The lowest BCUT2D eigenvalue weighted by atomic mass is 9.90. The summed E-state index contributed by atoms with van der Waals surface area (Å²) in [5.74, 6) is 1.94. The third-order valence-electron chi connectivity index (χ3n) is 11.4. The molecule has 0 saturated carbocycles. The molecule has 0 spiro atoms. The normalized spacial score (nSPS) is 11.3. The van der Waals surface area contributed by atoms with Crippen LogP contribution < -0.4 is 0 Å². The van der Waals surface area contributed by atoms with E-state index in [9.17, 15) is 0 Å². The highest BCUT2D eigenvalue weighted by Crippen LogP contribution is 2.42. The Morgan fingerprint density at radius 3 is 1.38 bits per heavy atom. The summed E-state index contributed by atoms with van der Waals surface area (Å²) in [7, 11) is 0. The lowest BCUT2D eigenvalue weighted by Crippen LogP contribution is -2.00. The molecule has 0 bridgehead atoms. The van der Waals surface area contributed by atoms with Crippen molar-refractivity contribution < 1.29 is 0 Å². The number of hydrogen-bond acceptors (Lipinski definition) is 4. The molecule has 0 amide bonds. The molecule has 0 atom stereocenters. The fourth-order valence-electron chi connectivity index (χ4n) is 8.31. The zero-order valence-electron chi connectivity index (χ0n) is 33.1. The second kappa shape index (κ2) is 15.8. The van der Waals surface area contributed by atoms with Gasteiger partial charge < -0.3 is 0 Å². The first-order chi connectivity index (χ1) is 30.2. The van der Waals surface area contributed by atoms with Crippen molar-refractivity contribution in [3.63, 3.8) is 0 Å². The number of aromatic nitrogens is 3. The number of benzene rings is 9. The topological polar surface area (TPSA) is 38.7 Å². The lowest BCUT2D eigenvalue weighted by Gasteiger charge is -2.13. The van der Waals surface area contributed by atoms with Crippen molar-refractivity contribution in [1.29, 1.82) is 0 Å². The van der Waals surface area contributed by atoms with E-state index < -0.39 is 0 Å². The zero-order valence-corrected chi connectivity index (χ0v) is 33.9. The zero-order chi connectivity index (χ0) is 40.5. The summed E-state index contributed by atoms with van der Waals surface area (Å²) in [6, 6.07) is 79.5. The monoisotopic (exact) mass is 795 g/mol. The van der Waals surface area contributed by atoms with Crippen LogP contribution >= 0.6 is 11.3 Å². The summed E-state index contributed by atoms with van der Waals surface area (Å²) < 4.78 is 2.42. The molecule has 0 aliphatic heterocycles. The molecule has 0 radical (unpaired) electrons. The van der Waals surface area contributed by atoms with Gasteiger partial charge in [-0.3, -0.25) is 0 Å². The first kappa shape index (κ1) is 36.3. The molecule has 0 aliphatic carbocycles. The summed E-state index contributed by atoms with van der Waals surface area (Å²) in [5, 5.41) is 2.34. The summed E-state index contributed by atoms with van der Waals surface area (Å²) >= 11 is 1.80. The Bertz CT molecular complexity index is 3320. The van der Waals surface area contributed by atoms with E-state index in [0.717, 1.165) is 38.8 Å². The Morgan fingerprint density at radius 2 is 0.705 bits per heavy atom. The van der Waals surface area contributed by atoms with Crippen LogP contribution in [-0.4, -0.2) is 15.0 Å². The van der Waals surface area contributed by atoms with Gasteiger partial charge in [0, 0.05) is 36.9 Å². The van der Waals surface area contributed by atoms with E-state index in [4.69, 9.17) is 15.0 Å². The van der Waals surface area contributed by atoms with Crippen LogP contribution in [0.1, 0.15) is 0 Å². The van der Waals surface area contributed by atoms with Crippen LogP contribution in [0.15, 0.2) is 224 Å². The van der Waals surface area contributed by atoms with Crippen LogP contribution in [0.4, 0.5) is 0 Å². The number of fused-ring (bicyclic) bond motifs is 3. The minimum absolute atomic E-state index is 0.643. The molecule has 11 aromatic rings. The molecule has 286 valence electrons. The quantitative estimate of drug-likeness (QED) is 0.154. The first-order valence-electron chi connectivity index (χ1n) is 20.5. The van der Waals surface area contributed by atoms with Crippen LogP contribution in [0, 0.1) is 0 Å². The van der Waals surface area contributed by atoms with Crippen molar-refractivity contribution in [2.45, 2.75) is 0 Å². The van der Waals surface area contributed by atoms with Crippen LogP contribution in [0.25, 0.3) is 110 Å². The van der Waals surface area contributed by atoms with Crippen LogP contribution in [-0.2, 0) is 0 Å². The predicted octanol–water partition coefficient (Wildman–Crippen LogP) is 15.6. The van der Waals surface area contributed by atoms with Crippen LogP contribution in [0.3, 0.4) is 0 Å². The van der Waals surface area contributed by atoms with Gasteiger partial charge in [-0.25, -0.2) is 15.0 Å². The summed E-state index contributed by atoms with van der Waals surface area (Å²) in [5.41, 5.74) is 14.7. The summed E-state index contributed by atoms with van der Waals surface area (Å²) in [6.45, 7) is 0. The third-order valence-corrected chi connectivity index (χ3v) is 12.5. The molecule has 0 fully saturated rings. The highest BCUT2D eigenvalue weighted by atomic mass is 32.1. The van der Waals surface area contributed by atoms with E-state index in [1.54, 1.807) is 11.3 Å². The van der Waals surface area contributed by atoms with Gasteiger partial charge in [0.25, 0.3) is 0 Å². The van der Waals surface area contributed by atoms with Crippen molar-refractivity contribution >= 4 is 31.5 Å². The number of rotatable bonds is 8. The summed E-state index contributed by atoms with van der Waals surface area (Å²) in [6.07, 6.45) is 0. The van der Waals surface area contributed by atoms with E-state index >= 15 is 0 Å². The van der Waals surface area contributed by atoms with E-state index in [1.807, 2.05) is 24.3 Å². The van der Waals surface area contributed by atoms with Gasteiger partial charge in [0.15, 0.2) is 17.5 Å². The van der Waals surface area contributed by atoms with Crippen molar-refractivity contribution in [2.75, 3.05) is 0 Å². The second-order valence-corrected chi connectivity index (χ2v) is 16.3. The maximum absolute atomic E-state index is 5.22. The Morgan fingerprint density at radius 1 is 0.246 bits per heavy atom. The van der Waals surface area contributed by atoms with Gasteiger partial charge in [-0.2, -0.15) is 0 Å². The van der Waals surface area contributed by atoms with Gasteiger partial charge in [0.2, 0.25) is 0 Å². The first-order valence-corrected chi connectivity index (χ1v) is 21.3. The molecule has 0 N–H and O–H groups in total. The molecule has 3 nitrogen and oxygen atoms in total. The van der Waals surface area contributed by atoms with Gasteiger partial charge in [-0.1, -0.05) is 194 Å². The number of nitrogens with zero attached hydrogens (tertiary/aromatic N) is 3. The Labute approximate surface area is 359 Å². The van der Waals surface area contributed by atoms with Crippen LogP contribution in [0.5, 0.6) is 0 Å². The molecule has 2 aromatic heterocycles. The van der Waals surface area contributed by atoms with Gasteiger partial charge in [-0.05, 0) is 86.0 Å². The largest absolute Gasteiger partial charge is 0.208 e. The maximum Gasteiger partial charge on any atom is 0.164 e. The summed E-state index contributed by atoms with van der Waals surface area (Å²) in [4.78, 5) is 15.5. The second-order valence-electron chi connectivity index (χ2n) is 15.2. The van der Waals surface area contributed by atoms with Gasteiger partial charge in [0.05, 0.1) is 0 Å². The standard InChI is InChI=1S/C57H37N3S/c1-5-15-38(16-6-1)44-23-13-24-47(35-44)56-58-55(43-21-11-4-12-22-43)59-57(60-56)49-25-14-26-53-54(49)51-37-46(32-34-52(51)61-53)40-29-27-39(28-30-40)45-31-33-48(41-17-7-2-8-18-41)50(36-45)42-19-9-3-10-20-42/h1-37H. The molecule has 2 heterocycles.